The Kier molecular flexibility index (Phi) is 5.52. The number of hydrogen-bond donors (Lipinski definition) is 0. The van der Waals surface area contributed by atoms with Gasteiger partial charge in [-0.05, 0) is 44.0 Å². The van der Waals surface area contributed by atoms with Gasteiger partial charge in [-0.3, -0.25) is 0 Å². The van der Waals surface area contributed by atoms with Crippen LogP contribution < -0.4 is 0 Å². The van der Waals surface area contributed by atoms with Crippen LogP contribution in [0.15, 0.2) is 48.5 Å². The van der Waals surface area contributed by atoms with E-state index in [1.807, 2.05) is 38.1 Å². The molecule has 0 spiro atoms. The van der Waals surface area contributed by atoms with Gasteiger partial charge in [0.1, 0.15) is 12.7 Å². The maximum atomic E-state index is 12.1. The van der Waals surface area contributed by atoms with Gasteiger partial charge in [-0.1, -0.05) is 36.4 Å². The van der Waals surface area contributed by atoms with Crippen LogP contribution in [0.4, 0.5) is 0 Å². The Bertz CT molecular complexity index is 706. The van der Waals surface area contributed by atoms with Crippen LogP contribution >= 0.6 is 0 Å². The maximum absolute atomic E-state index is 12.1. The van der Waals surface area contributed by atoms with Gasteiger partial charge in [-0.2, -0.15) is 0 Å². The van der Waals surface area contributed by atoms with Crippen molar-refractivity contribution >= 4 is 11.9 Å². The van der Waals surface area contributed by atoms with Gasteiger partial charge >= 0.3 is 11.9 Å². The van der Waals surface area contributed by atoms with Crippen molar-refractivity contribution in [2.75, 3.05) is 6.61 Å². The van der Waals surface area contributed by atoms with E-state index >= 15 is 0 Å². The average molecular weight is 312 g/mol. The molecule has 0 bridgehead atoms. The van der Waals surface area contributed by atoms with E-state index in [4.69, 9.17) is 9.47 Å². The molecule has 0 amide bonds. The van der Waals surface area contributed by atoms with Crippen molar-refractivity contribution in [1.82, 2.24) is 0 Å². The molecule has 0 fully saturated rings. The Morgan fingerprint density at radius 1 is 0.870 bits per heavy atom. The molecule has 0 radical (unpaired) electrons. The Morgan fingerprint density at radius 3 is 1.87 bits per heavy atom. The van der Waals surface area contributed by atoms with Gasteiger partial charge in [0.2, 0.25) is 0 Å². The standard InChI is InChI=1S/C19H20O4/c1-13-8-4-6-10-16(13)18(20)22-12-15(3)23-19(21)17-11-7-5-9-14(17)2/h4-11,15H,12H2,1-3H3. The van der Waals surface area contributed by atoms with Crippen LogP contribution in [-0.2, 0) is 9.47 Å². The van der Waals surface area contributed by atoms with Crippen LogP contribution in [0.25, 0.3) is 0 Å². The lowest BCUT2D eigenvalue weighted by Crippen LogP contribution is -2.23. The quantitative estimate of drug-likeness (QED) is 0.790. The molecule has 0 heterocycles. The van der Waals surface area contributed by atoms with Crippen molar-refractivity contribution in [3.63, 3.8) is 0 Å². The summed E-state index contributed by atoms with van der Waals surface area (Å²) in [5.74, 6) is -0.829. The minimum atomic E-state index is -0.518. The summed E-state index contributed by atoms with van der Waals surface area (Å²) in [6.07, 6.45) is -0.518. The monoisotopic (exact) mass is 312 g/mol. The Hall–Kier alpha value is -2.62. The third-order valence-corrected chi connectivity index (χ3v) is 3.49. The fraction of sp³-hybridized carbons (Fsp3) is 0.263. The molecule has 23 heavy (non-hydrogen) atoms. The Morgan fingerprint density at radius 2 is 1.35 bits per heavy atom. The molecule has 4 heteroatoms. The third-order valence-electron chi connectivity index (χ3n) is 3.49. The highest BCUT2D eigenvalue weighted by atomic mass is 16.6. The summed E-state index contributed by atoms with van der Waals surface area (Å²) >= 11 is 0. The molecule has 1 unspecified atom stereocenters. The molecule has 1 atom stereocenters. The summed E-state index contributed by atoms with van der Waals surface area (Å²) in [6, 6.07) is 14.4. The summed E-state index contributed by atoms with van der Waals surface area (Å²) in [6.45, 7) is 5.41. The van der Waals surface area contributed by atoms with Crippen molar-refractivity contribution in [2.45, 2.75) is 26.9 Å². The fourth-order valence-corrected chi connectivity index (χ4v) is 2.15. The molecule has 0 saturated heterocycles. The van der Waals surface area contributed by atoms with Crippen molar-refractivity contribution in [1.29, 1.82) is 0 Å². The van der Waals surface area contributed by atoms with Crippen molar-refractivity contribution in [2.24, 2.45) is 0 Å². The zero-order valence-corrected chi connectivity index (χ0v) is 13.5. The highest BCUT2D eigenvalue weighted by Gasteiger charge is 2.16. The van der Waals surface area contributed by atoms with E-state index in [1.165, 1.54) is 0 Å². The number of carbonyl (C=O) groups is 2. The van der Waals surface area contributed by atoms with Crippen LogP contribution in [0.2, 0.25) is 0 Å². The topological polar surface area (TPSA) is 52.6 Å². The second kappa shape index (κ2) is 7.58. The van der Waals surface area contributed by atoms with Crippen LogP contribution in [0.1, 0.15) is 38.8 Å². The summed E-state index contributed by atoms with van der Waals surface area (Å²) in [5.41, 5.74) is 2.73. The molecule has 0 N–H and O–H groups in total. The second-order valence-corrected chi connectivity index (χ2v) is 5.44. The van der Waals surface area contributed by atoms with Crippen molar-refractivity contribution < 1.29 is 19.1 Å². The molecule has 120 valence electrons. The minimum Gasteiger partial charge on any atom is -0.458 e. The maximum Gasteiger partial charge on any atom is 0.338 e. The van der Waals surface area contributed by atoms with Crippen LogP contribution in [0.3, 0.4) is 0 Å². The zero-order valence-electron chi connectivity index (χ0n) is 13.5. The number of benzene rings is 2. The smallest absolute Gasteiger partial charge is 0.338 e. The van der Waals surface area contributed by atoms with Gasteiger partial charge in [0, 0.05) is 0 Å². The molecule has 2 rings (SSSR count). The van der Waals surface area contributed by atoms with Gasteiger partial charge in [-0.15, -0.1) is 0 Å². The summed E-state index contributed by atoms with van der Waals surface area (Å²) in [4.78, 5) is 24.1. The lowest BCUT2D eigenvalue weighted by molar-refractivity contribution is 0.00438. The SMILES string of the molecule is Cc1ccccc1C(=O)OCC(C)OC(=O)c1ccccc1C. The Labute approximate surface area is 136 Å². The van der Waals surface area contributed by atoms with Crippen molar-refractivity contribution in [3.05, 3.63) is 70.8 Å². The lowest BCUT2D eigenvalue weighted by atomic mass is 10.1. The van der Waals surface area contributed by atoms with Crippen LogP contribution in [0.5, 0.6) is 0 Å². The van der Waals surface area contributed by atoms with Gasteiger partial charge in [0.05, 0.1) is 11.1 Å². The molecule has 4 nitrogen and oxygen atoms in total. The minimum absolute atomic E-state index is 0.0186. The van der Waals surface area contributed by atoms with E-state index in [0.29, 0.717) is 11.1 Å². The first-order chi connectivity index (χ1) is 11.0. The third kappa shape index (κ3) is 4.42. The fourth-order valence-electron chi connectivity index (χ4n) is 2.15. The normalized spacial score (nSPS) is 11.6. The van der Waals surface area contributed by atoms with Gasteiger partial charge in [0.15, 0.2) is 0 Å². The van der Waals surface area contributed by atoms with Gasteiger partial charge in [-0.25, -0.2) is 9.59 Å². The second-order valence-electron chi connectivity index (χ2n) is 5.44. The van der Waals surface area contributed by atoms with E-state index < -0.39 is 18.0 Å². The summed E-state index contributed by atoms with van der Waals surface area (Å²) < 4.78 is 10.5. The van der Waals surface area contributed by atoms with Crippen LogP contribution in [0, 0.1) is 13.8 Å². The molecular weight excluding hydrogens is 292 g/mol. The number of aryl methyl sites for hydroxylation is 2. The summed E-state index contributed by atoms with van der Waals surface area (Å²) in [5, 5.41) is 0. The summed E-state index contributed by atoms with van der Waals surface area (Å²) in [7, 11) is 0. The van der Waals surface area contributed by atoms with Gasteiger partial charge in [0.25, 0.3) is 0 Å². The first-order valence-electron chi connectivity index (χ1n) is 7.48. The zero-order chi connectivity index (χ0) is 16.8. The van der Waals surface area contributed by atoms with Crippen molar-refractivity contribution in [3.8, 4) is 0 Å². The molecule has 0 saturated carbocycles. The first kappa shape index (κ1) is 16.7. The number of hydrogen-bond acceptors (Lipinski definition) is 4. The average Bonchev–Trinajstić information content (AvgIpc) is 2.53. The highest BCUT2D eigenvalue weighted by molar-refractivity contribution is 5.91. The molecule has 0 aliphatic carbocycles. The first-order valence-corrected chi connectivity index (χ1v) is 7.48. The molecule has 2 aromatic carbocycles. The number of carbonyl (C=O) groups excluding carboxylic acids is 2. The lowest BCUT2D eigenvalue weighted by Gasteiger charge is -2.15. The number of ether oxygens (including phenoxy) is 2. The molecule has 0 aliphatic heterocycles. The highest BCUT2D eigenvalue weighted by Crippen LogP contribution is 2.12. The molecule has 2 aromatic rings. The Balaban J connectivity index is 1.89. The van der Waals surface area contributed by atoms with E-state index in [-0.39, 0.29) is 6.61 Å². The molecule has 0 aromatic heterocycles. The largest absolute Gasteiger partial charge is 0.458 e. The molecule has 0 aliphatic rings. The predicted octanol–water partition coefficient (Wildman–Crippen LogP) is 3.71. The van der Waals surface area contributed by atoms with E-state index in [9.17, 15) is 9.59 Å². The number of esters is 2. The van der Waals surface area contributed by atoms with E-state index in [2.05, 4.69) is 0 Å². The van der Waals surface area contributed by atoms with E-state index in [0.717, 1.165) is 11.1 Å². The molecular formula is C19H20O4. The van der Waals surface area contributed by atoms with Crippen LogP contribution in [-0.4, -0.2) is 24.6 Å². The van der Waals surface area contributed by atoms with E-state index in [1.54, 1.807) is 31.2 Å². The predicted molar refractivity (Wildman–Crippen MR) is 87.5 cm³/mol. The number of rotatable bonds is 5. The van der Waals surface area contributed by atoms with Gasteiger partial charge < -0.3 is 9.47 Å².